The first-order chi connectivity index (χ1) is 8.98. The summed E-state index contributed by atoms with van der Waals surface area (Å²) >= 11 is 0. The van der Waals surface area contributed by atoms with Crippen LogP contribution in [0.3, 0.4) is 0 Å². The van der Waals surface area contributed by atoms with Crippen LogP contribution in [0.2, 0.25) is 0 Å². The van der Waals surface area contributed by atoms with Gasteiger partial charge in [-0.3, -0.25) is 0 Å². The van der Waals surface area contributed by atoms with E-state index in [4.69, 9.17) is 0 Å². The molecule has 1 aliphatic rings. The molecular weight excluding hydrogens is 236 g/mol. The van der Waals surface area contributed by atoms with Crippen molar-refractivity contribution in [3.8, 4) is 0 Å². The van der Waals surface area contributed by atoms with Gasteiger partial charge in [0.1, 0.15) is 0 Å². The molecule has 1 aliphatic heterocycles. The number of benzene rings is 1. The Kier molecular flexibility index (Phi) is 4.48. The van der Waals surface area contributed by atoms with Crippen LogP contribution in [0.5, 0.6) is 0 Å². The molecule has 0 saturated heterocycles. The zero-order valence-electron chi connectivity index (χ0n) is 12.3. The Morgan fingerprint density at radius 2 is 2.21 bits per heavy atom. The van der Waals surface area contributed by atoms with Crippen LogP contribution in [-0.2, 0) is 13.0 Å². The smallest absolute Gasteiger partial charge is 0.0746 e. The Hall–Kier alpha value is -1.06. The van der Waals surface area contributed by atoms with E-state index in [0.717, 1.165) is 25.9 Å². The van der Waals surface area contributed by atoms with Gasteiger partial charge in [0.15, 0.2) is 0 Å². The first-order valence-electron chi connectivity index (χ1n) is 7.26. The molecule has 0 fully saturated rings. The molecule has 0 aromatic heterocycles. The highest BCUT2D eigenvalue weighted by Gasteiger charge is 2.21. The van der Waals surface area contributed by atoms with Crippen LogP contribution in [0.15, 0.2) is 18.2 Å². The zero-order valence-corrected chi connectivity index (χ0v) is 12.3. The standard InChI is InChI=1S/C16H26N2O/c1-12(2)9-16(3,19)11-17-10-14-6-4-5-13-7-8-18-15(13)14/h4-6,12,17-19H,7-11H2,1-3H3. The van der Waals surface area contributed by atoms with E-state index in [-0.39, 0.29) is 0 Å². The number of fused-ring (bicyclic) bond motifs is 1. The lowest BCUT2D eigenvalue weighted by molar-refractivity contribution is 0.0383. The van der Waals surface area contributed by atoms with Gasteiger partial charge >= 0.3 is 0 Å². The van der Waals surface area contributed by atoms with Crippen molar-refractivity contribution in [1.82, 2.24) is 5.32 Å². The Morgan fingerprint density at radius 3 is 2.95 bits per heavy atom. The maximum Gasteiger partial charge on any atom is 0.0746 e. The fourth-order valence-electron chi connectivity index (χ4n) is 2.98. The fraction of sp³-hybridized carbons (Fsp3) is 0.625. The number of rotatable bonds is 6. The number of nitrogens with one attached hydrogen (secondary N) is 2. The molecule has 1 unspecified atom stereocenters. The van der Waals surface area contributed by atoms with Gasteiger partial charge in [0.05, 0.1) is 5.60 Å². The van der Waals surface area contributed by atoms with Crippen molar-refractivity contribution in [2.45, 2.75) is 45.8 Å². The molecule has 3 heteroatoms. The summed E-state index contributed by atoms with van der Waals surface area (Å²) < 4.78 is 0. The predicted molar refractivity (Wildman–Crippen MR) is 80.4 cm³/mol. The highest BCUT2D eigenvalue weighted by atomic mass is 16.3. The molecule has 0 radical (unpaired) electrons. The lowest BCUT2D eigenvalue weighted by Crippen LogP contribution is -2.38. The lowest BCUT2D eigenvalue weighted by atomic mass is 9.94. The third-order valence-electron chi connectivity index (χ3n) is 3.60. The van der Waals surface area contributed by atoms with Crippen LogP contribution >= 0.6 is 0 Å². The maximum absolute atomic E-state index is 10.3. The zero-order chi connectivity index (χ0) is 13.9. The molecule has 1 heterocycles. The van der Waals surface area contributed by atoms with Crippen molar-refractivity contribution in [1.29, 1.82) is 0 Å². The topological polar surface area (TPSA) is 44.3 Å². The average molecular weight is 262 g/mol. The van der Waals surface area contributed by atoms with E-state index >= 15 is 0 Å². The molecule has 2 rings (SSSR count). The monoisotopic (exact) mass is 262 g/mol. The lowest BCUT2D eigenvalue weighted by Gasteiger charge is -2.26. The molecule has 0 aliphatic carbocycles. The second-order valence-corrected chi connectivity index (χ2v) is 6.33. The molecule has 0 spiro atoms. The summed E-state index contributed by atoms with van der Waals surface area (Å²) in [5, 5.41) is 17.1. The minimum absolute atomic E-state index is 0.513. The molecule has 3 N–H and O–H groups in total. The molecule has 0 bridgehead atoms. The number of hydrogen-bond donors (Lipinski definition) is 3. The van der Waals surface area contributed by atoms with E-state index in [1.807, 2.05) is 6.92 Å². The molecule has 1 atom stereocenters. The van der Waals surface area contributed by atoms with Crippen LogP contribution in [0, 0.1) is 5.92 Å². The van der Waals surface area contributed by atoms with Gasteiger partial charge in [-0.15, -0.1) is 0 Å². The van der Waals surface area contributed by atoms with Gasteiger partial charge in [0, 0.05) is 25.3 Å². The van der Waals surface area contributed by atoms with Gasteiger partial charge in [-0.05, 0) is 36.8 Å². The Balaban J connectivity index is 1.88. The van der Waals surface area contributed by atoms with Crippen molar-refractivity contribution in [3.05, 3.63) is 29.3 Å². The number of para-hydroxylation sites is 1. The molecule has 0 amide bonds. The first kappa shape index (κ1) is 14.4. The summed E-state index contributed by atoms with van der Waals surface area (Å²) in [7, 11) is 0. The highest BCUT2D eigenvalue weighted by Crippen LogP contribution is 2.26. The normalized spacial score (nSPS) is 17.1. The van der Waals surface area contributed by atoms with Crippen LogP contribution < -0.4 is 10.6 Å². The van der Waals surface area contributed by atoms with E-state index in [1.165, 1.54) is 16.8 Å². The van der Waals surface area contributed by atoms with E-state index in [9.17, 15) is 5.11 Å². The molecule has 1 aromatic rings. The van der Waals surface area contributed by atoms with Crippen LogP contribution in [0.4, 0.5) is 5.69 Å². The molecule has 3 nitrogen and oxygen atoms in total. The van der Waals surface area contributed by atoms with E-state index in [1.54, 1.807) is 0 Å². The SMILES string of the molecule is CC(C)CC(C)(O)CNCc1cccc2c1NCC2. The van der Waals surface area contributed by atoms with Gasteiger partial charge in [-0.1, -0.05) is 32.0 Å². The molecule has 19 heavy (non-hydrogen) atoms. The quantitative estimate of drug-likeness (QED) is 0.738. The van der Waals surface area contributed by atoms with Crippen molar-refractivity contribution in [2.75, 3.05) is 18.4 Å². The van der Waals surface area contributed by atoms with Gasteiger partial charge in [0.2, 0.25) is 0 Å². The summed E-state index contributed by atoms with van der Waals surface area (Å²) in [5.74, 6) is 0.513. The Morgan fingerprint density at radius 1 is 1.42 bits per heavy atom. The Labute approximate surface area is 116 Å². The largest absolute Gasteiger partial charge is 0.389 e. The highest BCUT2D eigenvalue weighted by molar-refractivity contribution is 5.61. The van der Waals surface area contributed by atoms with Gasteiger partial charge in [-0.25, -0.2) is 0 Å². The third-order valence-corrected chi connectivity index (χ3v) is 3.60. The minimum atomic E-state index is -0.625. The second kappa shape index (κ2) is 5.93. The minimum Gasteiger partial charge on any atom is -0.389 e. The second-order valence-electron chi connectivity index (χ2n) is 6.33. The van der Waals surface area contributed by atoms with Crippen LogP contribution in [-0.4, -0.2) is 23.8 Å². The number of hydrogen-bond acceptors (Lipinski definition) is 3. The summed E-state index contributed by atoms with van der Waals surface area (Å²) in [6, 6.07) is 6.46. The van der Waals surface area contributed by atoms with E-state index in [2.05, 4.69) is 42.7 Å². The van der Waals surface area contributed by atoms with Crippen LogP contribution in [0.1, 0.15) is 38.3 Å². The van der Waals surface area contributed by atoms with Crippen molar-refractivity contribution in [2.24, 2.45) is 5.92 Å². The van der Waals surface area contributed by atoms with Gasteiger partial charge < -0.3 is 15.7 Å². The van der Waals surface area contributed by atoms with E-state index in [0.29, 0.717) is 12.5 Å². The first-order valence-corrected chi connectivity index (χ1v) is 7.26. The number of aliphatic hydroxyl groups is 1. The molecular formula is C16H26N2O. The maximum atomic E-state index is 10.3. The summed E-state index contributed by atoms with van der Waals surface area (Å²) in [6.45, 7) is 8.68. The molecule has 1 aromatic carbocycles. The van der Waals surface area contributed by atoms with Crippen molar-refractivity contribution in [3.63, 3.8) is 0 Å². The fourth-order valence-corrected chi connectivity index (χ4v) is 2.98. The van der Waals surface area contributed by atoms with Crippen LogP contribution in [0.25, 0.3) is 0 Å². The summed E-state index contributed by atoms with van der Waals surface area (Å²) in [6.07, 6.45) is 1.94. The predicted octanol–water partition coefficient (Wildman–Crippen LogP) is 2.54. The summed E-state index contributed by atoms with van der Waals surface area (Å²) in [5.41, 5.74) is 3.38. The van der Waals surface area contributed by atoms with Gasteiger partial charge in [0.25, 0.3) is 0 Å². The third kappa shape index (κ3) is 3.95. The number of anilines is 1. The van der Waals surface area contributed by atoms with Crippen molar-refractivity contribution < 1.29 is 5.11 Å². The average Bonchev–Trinajstić information content (AvgIpc) is 2.75. The van der Waals surface area contributed by atoms with Gasteiger partial charge in [-0.2, -0.15) is 0 Å². The van der Waals surface area contributed by atoms with Crippen molar-refractivity contribution >= 4 is 5.69 Å². The Bertz CT molecular complexity index is 427. The summed E-state index contributed by atoms with van der Waals surface area (Å²) in [4.78, 5) is 0. The molecule has 106 valence electrons. The van der Waals surface area contributed by atoms with E-state index < -0.39 is 5.60 Å². The molecule has 0 saturated carbocycles.